The van der Waals surface area contributed by atoms with Crippen LogP contribution in [0.4, 0.5) is 17.1 Å². The molecule has 0 unspecified atom stereocenters. The number of nitrogens with one attached hydrogen (secondary N) is 3. The quantitative estimate of drug-likeness (QED) is 0.198. The van der Waals surface area contributed by atoms with Crippen LogP contribution in [-0.2, 0) is 19.4 Å². The molecule has 46 heavy (non-hydrogen) atoms. The van der Waals surface area contributed by atoms with Crippen molar-refractivity contribution in [1.82, 2.24) is 35.8 Å². The second-order valence-electron chi connectivity index (χ2n) is 11.7. The molecule has 3 aromatic carbocycles. The summed E-state index contributed by atoms with van der Waals surface area (Å²) in [6.45, 7) is 2.79. The number of hydrogen-bond donors (Lipinski definition) is 4. The van der Waals surface area contributed by atoms with Crippen molar-refractivity contribution in [1.29, 1.82) is 0 Å². The fourth-order valence-electron chi connectivity index (χ4n) is 6.52. The highest BCUT2D eigenvalue weighted by Crippen LogP contribution is 2.37. The third kappa shape index (κ3) is 5.09. The third-order valence-corrected chi connectivity index (χ3v) is 8.96. The Hall–Kier alpha value is -5.72. The molecule has 0 saturated carbocycles. The first kappa shape index (κ1) is 29.0. The predicted octanol–water partition coefficient (Wildman–Crippen LogP) is 2.57. The van der Waals surface area contributed by atoms with E-state index in [1.54, 1.807) is 0 Å². The summed E-state index contributed by atoms with van der Waals surface area (Å²) in [4.78, 5) is 64.7. The maximum absolute atomic E-state index is 13.2. The van der Waals surface area contributed by atoms with Crippen LogP contribution < -0.4 is 32.1 Å². The number of H-pyrrole nitrogens is 1. The van der Waals surface area contributed by atoms with E-state index in [-0.39, 0.29) is 35.3 Å². The number of nitrogens with zero attached hydrogens (tertiary/aromatic N) is 5. The Labute approximate surface area is 263 Å². The highest BCUT2D eigenvalue weighted by atomic mass is 16.2. The number of aromatic amines is 1. The molecular formula is C33H31N9O4. The summed E-state index contributed by atoms with van der Waals surface area (Å²) in [6.07, 6.45) is 6.85. The molecule has 2 aliphatic rings. The number of nitrogen functional groups attached to an aromatic ring is 1. The summed E-state index contributed by atoms with van der Waals surface area (Å²) in [5.41, 5.74) is 12.0. The lowest BCUT2D eigenvalue weighted by Gasteiger charge is -2.27. The molecule has 1 aliphatic carbocycles. The Morgan fingerprint density at radius 1 is 0.978 bits per heavy atom. The topological polar surface area (TPSA) is 189 Å². The summed E-state index contributed by atoms with van der Waals surface area (Å²) in [5.74, 6) is -0.152. The van der Waals surface area contributed by atoms with Crippen LogP contribution in [0, 0.1) is 6.92 Å². The van der Waals surface area contributed by atoms with E-state index in [0.29, 0.717) is 12.4 Å². The lowest BCUT2D eigenvalue weighted by Crippen LogP contribution is -2.41. The van der Waals surface area contributed by atoms with Crippen molar-refractivity contribution >= 4 is 28.9 Å². The van der Waals surface area contributed by atoms with Gasteiger partial charge in [0.25, 0.3) is 22.7 Å². The SMILES string of the molecule is Cc1c(-c2ncn[nH]2)ccc2c1CC[C@@H]2NC(=O)c1cc(C(=O)NCc2ccc3c(c2)N(c2c(N)c(=O)c2=O)CCCC3)ncn1. The number of anilines is 3. The Kier molecular flexibility index (Phi) is 7.35. The molecule has 3 heterocycles. The maximum Gasteiger partial charge on any atom is 0.270 e. The summed E-state index contributed by atoms with van der Waals surface area (Å²) in [7, 11) is 0. The van der Waals surface area contributed by atoms with Gasteiger partial charge in [-0.25, -0.2) is 15.0 Å². The maximum atomic E-state index is 13.2. The number of nitrogens with two attached hydrogens (primary N) is 1. The van der Waals surface area contributed by atoms with Gasteiger partial charge in [-0.3, -0.25) is 24.3 Å². The summed E-state index contributed by atoms with van der Waals surface area (Å²) in [5, 5.41) is 12.8. The number of carbonyl (C=O) groups is 2. The molecule has 0 saturated heterocycles. The fraction of sp³-hybridized carbons (Fsp3) is 0.273. The van der Waals surface area contributed by atoms with Crippen LogP contribution in [0.15, 0.2) is 58.6 Å². The first-order valence-electron chi connectivity index (χ1n) is 15.2. The Balaban J connectivity index is 1.03. The number of benzene rings is 2. The van der Waals surface area contributed by atoms with Crippen molar-refractivity contribution in [2.24, 2.45) is 0 Å². The zero-order valence-electron chi connectivity index (χ0n) is 25.1. The van der Waals surface area contributed by atoms with Crippen LogP contribution >= 0.6 is 0 Å². The molecule has 1 aliphatic heterocycles. The molecule has 0 spiro atoms. The van der Waals surface area contributed by atoms with Gasteiger partial charge < -0.3 is 21.3 Å². The van der Waals surface area contributed by atoms with E-state index in [0.717, 1.165) is 65.6 Å². The molecule has 1 atom stereocenters. The molecule has 2 aromatic heterocycles. The van der Waals surface area contributed by atoms with Gasteiger partial charge in [-0.2, -0.15) is 5.10 Å². The molecule has 0 radical (unpaired) electrons. The number of rotatable bonds is 7. The number of aromatic nitrogens is 5. The van der Waals surface area contributed by atoms with Gasteiger partial charge in [0.15, 0.2) is 5.82 Å². The smallest absolute Gasteiger partial charge is 0.270 e. The van der Waals surface area contributed by atoms with Crippen LogP contribution in [0.2, 0.25) is 0 Å². The van der Waals surface area contributed by atoms with Gasteiger partial charge in [0.2, 0.25) is 0 Å². The molecule has 13 heteroatoms. The monoisotopic (exact) mass is 617 g/mol. The molecule has 13 nitrogen and oxygen atoms in total. The van der Waals surface area contributed by atoms with Crippen molar-refractivity contribution in [3.05, 3.63) is 109 Å². The number of fused-ring (bicyclic) bond motifs is 2. The zero-order chi connectivity index (χ0) is 31.9. The molecule has 5 aromatic rings. The van der Waals surface area contributed by atoms with Crippen LogP contribution in [0.5, 0.6) is 0 Å². The minimum Gasteiger partial charge on any atom is -0.394 e. The number of aryl methyl sites for hydroxylation is 1. The van der Waals surface area contributed by atoms with E-state index in [1.807, 2.05) is 42.2 Å². The summed E-state index contributed by atoms with van der Waals surface area (Å²) < 4.78 is 0. The van der Waals surface area contributed by atoms with Crippen molar-refractivity contribution in [3.63, 3.8) is 0 Å². The van der Waals surface area contributed by atoms with E-state index in [4.69, 9.17) is 5.73 Å². The number of hydrogen-bond acceptors (Lipinski definition) is 10. The van der Waals surface area contributed by atoms with Crippen molar-refractivity contribution in [3.8, 4) is 11.4 Å². The van der Waals surface area contributed by atoms with E-state index < -0.39 is 22.7 Å². The minimum absolute atomic E-state index is 0.00983. The zero-order valence-corrected chi connectivity index (χ0v) is 25.1. The van der Waals surface area contributed by atoms with Crippen LogP contribution in [0.25, 0.3) is 11.4 Å². The van der Waals surface area contributed by atoms with E-state index in [2.05, 4.69) is 35.8 Å². The lowest BCUT2D eigenvalue weighted by molar-refractivity contribution is 0.0931. The average molecular weight is 618 g/mol. The first-order chi connectivity index (χ1) is 22.3. The van der Waals surface area contributed by atoms with Crippen LogP contribution in [0.1, 0.15) is 74.1 Å². The molecule has 0 bridgehead atoms. The third-order valence-electron chi connectivity index (χ3n) is 8.96. The number of carbonyl (C=O) groups excluding carboxylic acids is 2. The molecule has 2 amide bonds. The van der Waals surface area contributed by atoms with Crippen molar-refractivity contribution in [2.45, 2.75) is 51.6 Å². The highest BCUT2D eigenvalue weighted by molar-refractivity contribution is 5.97. The lowest BCUT2D eigenvalue weighted by atomic mass is 9.97. The van der Waals surface area contributed by atoms with Crippen LogP contribution in [0.3, 0.4) is 0 Å². The highest BCUT2D eigenvalue weighted by Gasteiger charge is 2.29. The van der Waals surface area contributed by atoms with Gasteiger partial charge in [0, 0.05) is 30.4 Å². The van der Waals surface area contributed by atoms with Gasteiger partial charge in [-0.1, -0.05) is 24.3 Å². The predicted molar refractivity (Wildman–Crippen MR) is 170 cm³/mol. The standard InChI is InChI=1S/C33H31N9O4/c1-17-20-9-10-23(22(20)8-7-21(17)31-38-16-39-41-31)40-33(46)25-13-24(36-15-37-25)32(45)35-14-18-5-6-19-4-2-3-11-42(26(19)12-18)28-27(34)29(43)30(28)44/h5-8,12-13,15-16,23H,2-4,9-11,14,34H2,1H3,(H,35,45)(H,40,46)(H,38,39,41)/t23-/m0/s1. The molecule has 232 valence electrons. The van der Waals surface area contributed by atoms with Gasteiger partial charge >= 0.3 is 0 Å². The fourth-order valence-corrected chi connectivity index (χ4v) is 6.52. The molecule has 7 rings (SSSR count). The largest absolute Gasteiger partial charge is 0.394 e. The summed E-state index contributed by atoms with van der Waals surface area (Å²) >= 11 is 0. The van der Waals surface area contributed by atoms with Crippen LogP contribution in [-0.4, -0.2) is 43.5 Å². The Morgan fingerprint density at radius 3 is 2.59 bits per heavy atom. The van der Waals surface area contributed by atoms with Crippen molar-refractivity contribution in [2.75, 3.05) is 17.2 Å². The molecular weight excluding hydrogens is 586 g/mol. The average Bonchev–Trinajstić information content (AvgIpc) is 3.71. The van der Waals surface area contributed by atoms with Crippen molar-refractivity contribution < 1.29 is 9.59 Å². The van der Waals surface area contributed by atoms with E-state index >= 15 is 0 Å². The first-order valence-corrected chi connectivity index (χ1v) is 15.2. The second kappa shape index (κ2) is 11.7. The normalized spacial score (nSPS) is 15.7. The Bertz CT molecular complexity index is 2060. The van der Waals surface area contributed by atoms with Gasteiger partial charge in [0.1, 0.15) is 35.4 Å². The van der Waals surface area contributed by atoms with E-state index in [1.165, 1.54) is 24.3 Å². The summed E-state index contributed by atoms with van der Waals surface area (Å²) in [6, 6.07) is 11.0. The van der Waals surface area contributed by atoms with Gasteiger partial charge in [-0.05, 0) is 72.9 Å². The second-order valence-corrected chi connectivity index (χ2v) is 11.7. The Morgan fingerprint density at radius 2 is 1.80 bits per heavy atom. The van der Waals surface area contributed by atoms with Gasteiger partial charge in [-0.15, -0.1) is 0 Å². The molecule has 0 fully saturated rings. The number of amides is 2. The van der Waals surface area contributed by atoms with Gasteiger partial charge in [0.05, 0.1) is 6.04 Å². The molecule has 5 N–H and O–H groups in total. The van der Waals surface area contributed by atoms with E-state index in [9.17, 15) is 19.2 Å². The minimum atomic E-state index is -0.650.